The second kappa shape index (κ2) is 6.51. The number of aryl methyl sites for hydroxylation is 1. The molecule has 0 spiro atoms. The number of ether oxygens (including phenoxy) is 2. The number of carbonyl (C=O) groups excluding carboxylic acids is 1. The molecule has 0 N–H and O–H groups in total. The van der Waals surface area contributed by atoms with Crippen LogP contribution in [0, 0.1) is 0 Å². The highest BCUT2D eigenvalue weighted by Crippen LogP contribution is 2.22. The summed E-state index contributed by atoms with van der Waals surface area (Å²) in [4.78, 5) is 18.6. The Labute approximate surface area is 140 Å². The van der Waals surface area contributed by atoms with E-state index in [1.165, 1.54) is 0 Å². The Bertz CT molecular complexity index is 692. The van der Waals surface area contributed by atoms with Crippen molar-refractivity contribution in [3.63, 3.8) is 0 Å². The zero-order valence-electron chi connectivity index (χ0n) is 13.4. The van der Waals surface area contributed by atoms with Crippen LogP contribution >= 0.6 is 0 Å². The smallest absolute Gasteiger partial charge is 0.274 e. The van der Waals surface area contributed by atoms with Gasteiger partial charge in [-0.1, -0.05) is 0 Å². The van der Waals surface area contributed by atoms with Crippen molar-refractivity contribution >= 4 is 5.91 Å². The van der Waals surface area contributed by atoms with Gasteiger partial charge in [-0.25, -0.2) is 4.68 Å². The largest absolute Gasteiger partial charge is 0.488 e. The summed E-state index contributed by atoms with van der Waals surface area (Å²) in [6.07, 6.45) is 6.19. The molecule has 126 valence electrons. The van der Waals surface area contributed by atoms with Gasteiger partial charge in [0, 0.05) is 38.0 Å². The molecule has 0 radical (unpaired) electrons. The maximum Gasteiger partial charge on any atom is 0.274 e. The Kier molecular flexibility index (Phi) is 4.06. The van der Waals surface area contributed by atoms with Crippen molar-refractivity contribution in [2.45, 2.75) is 31.9 Å². The molecule has 1 saturated heterocycles. The van der Waals surface area contributed by atoms with Gasteiger partial charge in [0.25, 0.3) is 5.91 Å². The zero-order valence-corrected chi connectivity index (χ0v) is 13.4. The molecule has 1 atom stereocenters. The molecule has 7 nitrogen and oxygen atoms in total. The fourth-order valence-electron chi connectivity index (χ4n) is 3.16. The molecule has 2 aliphatic heterocycles. The molecule has 1 fully saturated rings. The average Bonchev–Trinajstić information content (AvgIpc) is 3.06. The first kappa shape index (κ1) is 15.0. The predicted molar refractivity (Wildman–Crippen MR) is 86.1 cm³/mol. The van der Waals surface area contributed by atoms with Gasteiger partial charge < -0.3 is 14.4 Å². The summed E-state index contributed by atoms with van der Waals surface area (Å²) in [6, 6.07) is 5.41. The molecule has 0 aliphatic carbocycles. The van der Waals surface area contributed by atoms with Crippen LogP contribution in [0.2, 0.25) is 0 Å². The van der Waals surface area contributed by atoms with Gasteiger partial charge in [0.15, 0.2) is 5.69 Å². The molecule has 0 saturated carbocycles. The van der Waals surface area contributed by atoms with E-state index in [-0.39, 0.29) is 12.0 Å². The fraction of sp³-hybridized carbons (Fsp3) is 0.471. The fourth-order valence-corrected chi connectivity index (χ4v) is 3.16. The molecular formula is C17H20N4O3. The van der Waals surface area contributed by atoms with Gasteiger partial charge in [-0.05, 0) is 25.0 Å². The molecule has 24 heavy (non-hydrogen) atoms. The summed E-state index contributed by atoms with van der Waals surface area (Å²) in [7, 11) is 0. The molecule has 2 aromatic rings. The van der Waals surface area contributed by atoms with Gasteiger partial charge in [0.1, 0.15) is 11.9 Å². The maximum atomic E-state index is 12.7. The highest BCUT2D eigenvalue weighted by Gasteiger charge is 2.28. The van der Waals surface area contributed by atoms with Crippen LogP contribution in [0.5, 0.6) is 11.6 Å². The van der Waals surface area contributed by atoms with Crippen molar-refractivity contribution in [3.05, 3.63) is 36.3 Å². The summed E-state index contributed by atoms with van der Waals surface area (Å²) in [5, 5.41) is 4.39. The molecule has 2 aromatic heterocycles. The SMILES string of the molecule is O=C(c1cc2n(n1)CCCO2)N1CCCC(Oc2ccncc2)C1. The van der Waals surface area contributed by atoms with Gasteiger partial charge in [-0.2, -0.15) is 5.10 Å². The summed E-state index contributed by atoms with van der Waals surface area (Å²) >= 11 is 0. The van der Waals surface area contributed by atoms with Crippen LogP contribution in [0.3, 0.4) is 0 Å². The quantitative estimate of drug-likeness (QED) is 0.858. The van der Waals surface area contributed by atoms with Crippen LogP contribution in [0.1, 0.15) is 29.8 Å². The van der Waals surface area contributed by atoms with E-state index in [0.717, 1.165) is 38.1 Å². The van der Waals surface area contributed by atoms with Crippen LogP contribution < -0.4 is 9.47 Å². The molecular weight excluding hydrogens is 308 g/mol. The number of carbonyl (C=O) groups is 1. The Morgan fingerprint density at radius 3 is 2.96 bits per heavy atom. The molecule has 1 amide bonds. The number of amides is 1. The lowest BCUT2D eigenvalue weighted by Crippen LogP contribution is -2.44. The van der Waals surface area contributed by atoms with E-state index < -0.39 is 0 Å². The normalized spacial score (nSPS) is 20.2. The number of fused-ring (bicyclic) bond motifs is 1. The zero-order chi connectivity index (χ0) is 16.4. The Hall–Kier alpha value is -2.57. The highest BCUT2D eigenvalue weighted by atomic mass is 16.5. The van der Waals surface area contributed by atoms with Crippen LogP contribution in [0.15, 0.2) is 30.6 Å². The van der Waals surface area contributed by atoms with Crippen molar-refractivity contribution in [2.75, 3.05) is 19.7 Å². The van der Waals surface area contributed by atoms with E-state index >= 15 is 0 Å². The number of nitrogens with zero attached hydrogens (tertiary/aromatic N) is 4. The van der Waals surface area contributed by atoms with Crippen molar-refractivity contribution in [1.29, 1.82) is 0 Å². The summed E-state index contributed by atoms with van der Waals surface area (Å²) < 4.78 is 13.3. The molecule has 7 heteroatoms. The van der Waals surface area contributed by atoms with E-state index in [1.807, 2.05) is 17.0 Å². The summed E-state index contributed by atoms with van der Waals surface area (Å²) in [5.41, 5.74) is 0.455. The Morgan fingerprint density at radius 1 is 1.25 bits per heavy atom. The lowest BCUT2D eigenvalue weighted by molar-refractivity contribution is 0.0531. The van der Waals surface area contributed by atoms with E-state index in [1.54, 1.807) is 23.1 Å². The number of piperidine rings is 1. The van der Waals surface area contributed by atoms with Gasteiger partial charge in [-0.15, -0.1) is 0 Å². The Balaban J connectivity index is 1.43. The van der Waals surface area contributed by atoms with Crippen LogP contribution in [-0.4, -0.2) is 51.4 Å². The monoisotopic (exact) mass is 328 g/mol. The third-order valence-corrected chi connectivity index (χ3v) is 4.34. The number of hydrogen-bond donors (Lipinski definition) is 0. The minimum Gasteiger partial charge on any atom is -0.488 e. The van der Waals surface area contributed by atoms with E-state index in [2.05, 4.69) is 10.1 Å². The van der Waals surface area contributed by atoms with E-state index in [9.17, 15) is 4.79 Å². The van der Waals surface area contributed by atoms with Gasteiger partial charge in [-0.3, -0.25) is 9.78 Å². The molecule has 1 unspecified atom stereocenters. The second-order valence-corrected chi connectivity index (χ2v) is 6.11. The van der Waals surface area contributed by atoms with Crippen LogP contribution in [0.25, 0.3) is 0 Å². The van der Waals surface area contributed by atoms with Crippen LogP contribution in [0.4, 0.5) is 0 Å². The first-order valence-electron chi connectivity index (χ1n) is 8.36. The third kappa shape index (κ3) is 3.06. The minimum absolute atomic E-state index is 0.00131. The molecule has 4 heterocycles. The average molecular weight is 328 g/mol. The second-order valence-electron chi connectivity index (χ2n) is 6.11. The van der Waals surface area contributed by atoms with Gasteiger partial charge >= 0.3 is 0 Å². The maximum absolute atomic E-state index is 12.7. The topological polar surface area (TPSA) is 69.5 Å². The van der Waals surface area contributed by atoms with E-state index in [4.69, 9.17) is 9.47 Å². The van der Waals surface area contributed by atoms with E-state index in [0.29, 0.717) is 24.7 Å². The standard InChI is InChI=1S/C17H20N4O3/c22-17(15-11-16-21(19-15)9-2-10-23-16)20-8-1-3-14(12-20)24-13-4-6-18-7-5-13/h4-7,11,14H,1-3,8-10,12H2. The number of pyridine rings is 1. The molecule has 4 rings (SSSR count). The first-order chi connectivity index (χ1) is 11.8. The van der Waals surface area contributed by atoms with Crippen LogP contribution in [-0.2, 0) is 6.54 Å². The number of rotatable bonds is 3. The molecule has 2 aliphatic rings. The Morgan fingerprint density at radius 2 is 2.12 bits per heavy atom. The van der Waals surface area contributed by atoms with Crippen molar-refractivity contribution in [2.24, 2.45) is 0 Å². The summed E-state index contributed by atoms with van der Waals surface area (Å²) in [5.74, 6) is 1.42. The lowest BCUT2D eigenvalue weighted by Gasteiger charge is -2.32. The number of aromatic nitrogens is 3. The lowest BCUT2D eigenvalue weighted by atomic mass is 10.1. The van der Waals surface area contributed by atoms with Crippen molar-refractivity contribution < 1.29 is 14.3 Å². The molecule has 0 aromatic carbocycles. The number of likely N-dealkylation sites (tertiary alicyclic amines) is 1. The number of hydrogen-bond acceptors (Lipinski definition) is 5. The van der Waals surface area contributed by atoms with Gasteiger partial charge in [0.05, 0.1) is 13.2 Å². The third-order valence-electron chi connectivity index (χ3n) is 4.34. The van der Waals surface area contributed by atoms with Gasteiger partial charge in [0.2, 0.25) is 5.88 Å². The van der Waals surface area contributed by atoms with Crippen molar-refractivity contribution in [1.82, 2.24) is 19.7 Å². The minimum atomic E-state index is -0.0523. The first-order valence-corrected chi connectivity index (χ1v) is 8.36. The van der Waals surface area contributed by atoms with Crippen molar-refractivity contribution in [3.8, 4) is 11.6 Å². The summed E-state index contributed by atoms with van der Waals surface area (Å²) in [6.45, 7) is 2.80. The molecule has 0 bridgehead atoms. The predicted octanol–water partition coefficient (Wildman–Crippen LogP) is 1.74. The highest BCUT2D eigenvalue weighted by molar-refractivity contribution is 5.92.